The summed E-state index contributed by atoms with van der Waals surface area (Å²) < 4.78 is 0. The van der Waals surface area contributed by atoms with Crippen molar-refractivity contribution in [2.45, 2.75) is 97.2 Å². The maximum absolute atomic E-state index is 12.0. The number of rotatable bonds is 18. The maximum Gasteiger partial charge on any atom is 0.320 e. The molecule has 0 saturated heterocycles. The summed E-state index contributed by atoms with van der Waals surface area (Å²) in [7, 11) is 0. The largest absolute Gasteiger partial charge is 0.480 e. The number of unbranched alkanes of at least 4 members (excludes halogenated alkanes) is 1. The number of amides is 3. The van der Waals surface area contributed by atoms with Crippen molar-refractivity contribution in [2.75, 3.05) is 6.54 Å². The second-order valence-electron chi connectivity index (χ2n) is 8.59. The molecule has 0 aromatic heterocycles. The maximum atomic E-state index is 12.0. The summed E-state index contributed by atoms with van der Waals surface area (Å²) in [6.45, 7) is 7.68. The van der Waals surface area contributed by atoms with Gasteiger partial charge in [0.2, 0.25) is 17.7 Å². The SMILES string of the molecule is CC(C)NC(CCC(=O)NCCCCC(NC(=O)CCCC(=O)C(C)C)C(N)=O)C(=O)O. The van der Waals surface area contributed by atoms with Crippen molar-refractivity contribution in [1.29, 1.82) is 0 Å². The van der Waals surface area contributed by atoms with Crippen LogP contribution < -0.4 is 21.7 Å². The van der Waals surface area contributed by atoms with E-state index in [2.05, 4.69) is 16.0 Å². The number of carboxylic acid groups (broad SMARTS) is 1. The summed E-state index contributed by atoms with van der Waals surface area (Å²) >= 11 is 0. The first-order chi connectivity index (χ1) is 14.9. The van der Waals surface area contributed by atoms with Gasteiger partial charge in [-0.1, -0.05) is 27.7 Å². The molecular weight excluding hydrogens is 416 g/mol. The lowest BCUT2D eigenvalue weighted by molar-refractivity contribution is -0.140. The molecule has 0 aliphatic rings. The van der Waals surface area contributed by atoms with E-state index >= 15 is 0 Å². The lowest BCUT2D eigenvalue weighted by Crippen LogP contribution is -2.44. The van der Waals surface area contributed by atoms with Crippen LogP contribution in [0.25, 0.3) is 0 Å². The monoisotopic (exact) mass is 456 g/mol. The third kappa shape index (κ3) is 14.5. The average molecular weight is 457 g/mol. The fourth-order valence-electron chi connectivity index (χ4n) is 3.01. The van der Waals surface area contributed by atoms with Crippen LogP contribution in [-0.4, -0.2) is 59.3 Å². The number of carbonyl (C=O) groups is 5. The van der Waals surface area contributed by atoms with Crippen molar-refractivity contribution >= 4 is 29.5 Å². The van der Waals surface area contributed by atoms with Crippen molar-refractivity contribution in [2.24, 2.45) is 11.7 Å². The number of ketones is 1. The molecular formula is C22H40N4O6. The number of carboxylic acids is 1. The fourth-order valence-corrected chi connectivity index (χ4v) is 3.01. The summed E-state index contributed by atoms with van der Waals surface area (Å²) in [6, 6.07) is -1.57. The number of Topliss-reactive ketones (excluding diaryl/α,β-unsaturated/α-hetero) is 1. The second kappa shape index (κ2) is 16.2. The van der Waals surface area contributed by atoms with E-state index in [-0.39, 0.29) is 48.8 Å². The number of carbonyl (C=O) groups excluding carboxylic acids is 4. The minimum atomic E-state index is -0.988. The lowest BCUT2D eigenvalue weighted by Gasteiger charge is -2.17. The van der Waals surface area contributed by atoms with Crippen LogP contribution in [-0.2, 0) is 24.0 Å². The second-order valence-corrected chi connectivity index (χ2v) is 8.59. The van der Waals surface area contributed by atoms with Crippen LogP contribution in [0.1, 0.15) is 79.1 Å². The first kappa shape index (κ1) is 29.5. The molecule has 0 aromatic carbocycles. The molecule has 0 saturated carbocycles. The molecule has 10 nitrogen and oxygen atoms in total. The van der Waals surface area contributed by atoms with E-state index in [9.17, 15) is 24.0 Å². The van der Waals surface area contributed by atoms with E-state index in [1.807, 2.05) is 27.7 Å². The first-order valence-electron chi connectivity index (χ1n) is 11.3. The fraction of sp³-hybridized carbons (Fsp3) is 0.773. The Morgan fingerprint density at radius 3 is 2.00 bits per heavy atom. The van der Waals surface area contributed by atoms with Crippen LogP contribution in [0.5, 0.6) is 0 Å². The molecule has 0 rings (SSSR count). The third-order valence-electron chi connectivity index (χ3n) is 4.88. The lowest BCUT2D eigenvalue weighted by atomic mass is 10.0. The average Bonchev–Trinajstić information content (AvgIpc) is 2.69. The van der Waals surface area contributed by atoms with Gasteiger partial charge in [0.05, 0.1) is 0 Å². The van der Waals surface area contributed by atoms with Gasteiger partial charge in [-0.15, -0.1) is 0 Å². The Kier molecular flexibility index (Phi) is 14.9. The molecule has 2 atom stereocenters. The minimum Gasteiger partial charge on any atom is -0.480 e. The van der Waals surface area contributed by atoms with Gasteiger partial charge in [-0.2, -0.15) is 0 Å². The smallest absolute Gasteiger partial charge is 0.320 e. The topological polar surface area (TPSA) is 168 Å². The van der Waals surface area contributed by atoms with E-state index in [0.29, 0.717) is 38.6 Å². The quantitative estimate of drug-likeness (QED) is 0.191. The molecule has 3 amide bonds. The third-order valence-corrected chi connectivity index (χ3v) is 4.88. The molecule has 0 heterocycles. The van der Waals surface area contributed by atoms with Gasteiger partial charge >= 0.3 is 5.97 Å². The predicted molar refractivity (Wildman–Crippen MR) is 121 cm³/mol. The number of nitrogens with one attached hydrogen (secondary N) is 3. The van der Waals surface area contributed by atoms with Crippen LogP contribution in [0.15, 0.2) is 0 Å². The van der Waals surface area contributed by atoms with Gasteiger partial charge in [0.25, 0.3) is 0 Å². The van der Waals surface area contributed by atoms with Crippen LogP contribution in [0.3, 0.4) is 0 Å². The molecule has 32 heavy (non-hydrogen) atoms. The molecule has 0 aliphatic carbocycles. The number of primary amides is 1. The Hall–Kier alpha value is -2.49. The molecule has 2 unspecified atom stereocenters. The standard InChI is InChI=1S/C22H40N4O6/c1-14(2)18(27)9-7-10-20(29)26-16(21(23)30)8-5-6-13-24-19(28)12-11-17(22(31)32)25-15(3)4/h14-17,25H,5-13H2,1-4H3,(H2,23,30)(H,24,28)(H,26,29)(H,31,32). The van der Waals surface area contributed by atoms with Gasteiger partial charge in [-0.05, 0) is 32.1 Å². The zero-order chi connectivity index (χ0) is 24.7. The zero-order valence-corrected chi connectivity index (χ0v) is 19.7. The Bertz CT molecular complexity index is 636. The summed E-state index contributed by atoms with van der Waals surface area (Å²) in [4.78, 5) is 58.3. The van der Waals surface area contributed by atoms with E-state index < -0.39 is 24.0 Å². The van der Waals surface area contributed by atoms with E-state index in [4.69, 9.17) is 10.8 Å². The number of hydrogen-bond acceptors (Lipinski definition) is 6. The van der Waals surface area contributed by atoms with Gasteiger partial charge in [-0.3, -0.25) is 24.0 Å². The highest BCUT2D eigenvalue weighted by Gasteiger charge is 2.20. The van der Waals surface area contributed by atoms with Crippen molar-refractivity contribution in [3.63, 3.8) is 0 Å². The van der Waals surface area contributed by atoms with Crippen molar-refractivity contribution in [3.8, 4) is 0 Å². The molecule has 0 aliphatic heterocycles. The minimum absolute atomic E-state index is 0.000356. The zero-order valence-electron chi connectivity index (χ0n) is 19.7. The van der Waals surface area contributed by atoms with Gasteiger partial charge in [-0.25, -0.2) is 0 Å². The van der Waals surface area contributed by atoms with E-state index in [0.717, 1.165) is 0 Å². The van der Waals surface area contributed by atoms with Crippen molar-refractivity contribution in [1.82, 2.24) is 16.0 Å². The first-order valence-corrected chi connectivity index (χ1v) is 11.3. The van der Waals surface area contributed by atoms with E-state index in [1.54, 1.807) is 0 Å². The highest BCUT2D eigenvalue weighted by atomic mass is 16.4. The van der Waals surface area contributed by atoms with Crippen LogP contribution in [0, 0.1) is 5.92 Å². The number of nitrogens with two attached hydrogens (primary N) is 1. The molecule has 10 heteroatoms. The molecule has 6 N–H and O–H groups in total. The molecule has 0 spiro atoms. The predicted octanol–water partition coefficient (Wildman–Crippen LogP) is 0.870. The molecule has 0 fully saturated rings. The number of hydrogen-bond donors (Lipinski definition) is 5. The van der Waals surface area contributed by atoms with Crippen LogP contribution in [0.2, 0.25) is 0 Å². The van der Waals surface area contributed by atoms with E-state index in [1.165, 1.54) is 0 Å². The number of aliphatic carboxylic acids is 1. The Morgan fingerprint density at radius 1 is 0.812 bits per heavy atom. The van der Waals surface area contributed by atoms with Crippen molar-refractivity contribution in [3.05, 3.63) is 0 Å². The summed E-state index contributed by atoms with van der Waals surface area (Å²) in [5.74, 6) is -2.14. The highest BCUT2D eigenvalue weighted by molar-refractivity contribution is 5.87. The molecule has 0 bridgehead atoms. The Morgan fingerprint density at radius 2 is 1.47 bits per heavy atom. The Balaban J connectivity index is 4.14. The highest BCUT2D eigenvalue weighted by Crippen LogP contribution is 2.06. The van der Waals surface area contributed by atoms with Gasteiger partial charge in [0.15, 0.2) is 0 Å². The van der Waals surface area contributed by atoms with Crippen LogP contribution >= 0.6 is 0 Å². The van der Waals surface area contributed by atoms with Gasteiger partial charge < -0.3 is 26.8 Å². The normalized spacial score (nSPS) is 12.9. The molecule has 184 valence electrons. The Labute approximate surface area is 190 Å². The summed E-state index contributed by atoms with van der Waals surface area (Å²) in [5, 5.41) is 17.4. The van der Waals surface area contributed by atoms with Gasteiger partial charge in [0, 0.05) is 37.8 Å². The molecule has 0 aromatic rings. The summed E-state index contributed by atoms with van der Waals surface area (Å²) in [5.41, 5.74) is 5.36. The molecule has 0 radical (unpaired) electrons. The summed E-state index contributed by atoms with van der Waals surface area (Å²) in [6.07, 6.45) is 2.69. The van der Waals surface area contributed by atoms with Gasteiger partial charge in [0.1, 0.15) is 17.9 Å². The van der Waals surface area contributed by atoms with Crippen molar-refractivity contribution < 1.29 is 29.1 Å². The van der Waals surface area contributed by atoms with Crippen LogP contribution in [0.4, 0.5) is 0 Å².